The zero-order valence-corrected chi connectivity index (χ0v) is 25.7. The number of amides is 1. The minimum Gasteiger partial charge on any atom is -0.481 e. The molecule has 1 aromatic carbocycles. The zero-order chi connectivity index (χ0) is 33.0. The number of hydrogen-bond donors (Lipinski definition) is 5. The molecule has 3 aliphatic rings. The van der Waals surface area contributed by atoms with E-state index in [9.17, 15) is 28.7 Å². The van der Waals surface area contributed by atoms with Crippen molar-refractivity contribution in [2.75, 3.05) is 32.7 Å². The van der Waals surface area contributed by atoms with Crippen molar-refractivity contribution in [3.05, 3.63) is 51.7 Å². The first kappa shape index (κ1) is 34.4. The Bertz CT molecular complexity index is 1380. The predicted octanol–water partition coefficient (Wildman–Crippen LogP) is 1.70. The Labute approximate surface area is 262 Å². The average Bonchev–Trinajstić information content (AvgIpc) is 3.68. The van der Waals surface area contributed by atoms with E-state index in [-0.39, 0.29) is 17.6 Å². The van der Waals surface area contributed by atoms with E-state index in [2.05, 4.69) is 9.88 Å². The number of carboxylic acids is 3. The number of carboxylic acid groups (broad SMARTS) is 3. The molecule has 2 unspecified atom stereocenters. The van der Waals surface area contributed by atoms with Crippen LogP contribution in [-0.4, -0.2) is 108 Å². The number of aromatic nitrogens is 1. The molecule has 1 spiro atoms. The molecule has 13 nitrogen and oxygen atoms in total. The number of thiazole rings is 1. The van der Waals surface area contributed by atoms with Crippen LogP contribution in [0.2, 0.25) is 0 Å². The summed E-state index contributed by atoms with van der Waals surface area (Å²) in [4.78, 5) is 52.4. The third-order valence-electron chi connectivity index (χ3n) is 8.55. The fourth-order valence-electron chi connectivity index (χ4n) is 6.14. The Morgan fingerprint density at radius 1 is 1.09 bits per heavy atom. The summed E-state index contributed by atoms with van der Waals surface area (Å²) < 4.78 is 20.1. The summed E-state index contributed by atoms with van der Waals surface area (Å²) in [5.41, 5.74) is 0.866. The third kappa shape index (κ3) is 8.61. The molecule has 2 fully saturated rings. The van der Waals surface area contributed by atoms with Gasteiger partial charge in [-0.15, -0.1) is 11.3 Å². The first-order valence-electron chi connectivity index (χ1n) is 14.5. The van der Waals surface area contributed by atoms with Crippen LogP contribution in [0.3, 0.4) is 0 Å². The maximum atomic E-state index is 13.9. The molecular formula is C30H38FN3O10S. The van der Waals surface area contributed by atoms with Gasteiger partial charge in [0.1, 0.15) is 5.82 Å². The number of carbonyl (C=O) groups is 4. The second kappa shape index (κ2) is 13.9. The molecule has 0 aliphatic carbocycles. The number of nitrogens with zero attached hydrogens (tertiary/aromatic N) is 3. The van der Waals surface area contributed by atoms with E-state index in [0.717, 1.165) is 42.8 Å². The topological polar surface area (TPSA) is 198 Å². The molecule has 5 rings (SSSR count). The highest BCUT2D eigenvalue weighted by atomic mass is 32.1. The predicted molar refractivity (Wildman–Crippen MR) is 157 cm³/mol. The smallest absolute Gasteiger partial charge is 0.336 e. The van der Waals surface area contributed by atoms with Gasteiger partial charge in [0.15, 0.2) is 5.60 Å². The van der Waals surface area contributed by atoms with Crippen LogP contribution in [0.5, 0.6) is 0 Å². The third-order valence-corrected chi connectivity index (χ3v) is 9.18. The van der Waals surface area contributed by atoms with Gasteiger partial charge in [0.25, 0.3) is 0 Å². The fraction of sp³-hybridized carbons (Fsp3) is 0.567. The van der Waals surface area contributed by atoms with Crippen molar-refractivity contribution in [3.8, 4) is 0 Å². The summed E-state index contributed by atoms with van der Waals surface area (Å²) in [5.74, 6) is -5.34. The second-order valence-electron chi connectivity index (χ2n) is 12.3. The molecule has 45 heavy (non-hydrogen) atoms. The summed E-state index contributed by atoms with van der Waals surface area (Å²) in [6.45, 7) is 5.57. The van der Waals surface area contributed by atoms with Gasteiger partial charge in [-0.2, -0.15) is 0 Å². The summed E-state index contributed by atoms with van der Waals surface area (Å²) in [6, 6.07) is 4.96. The lowest BCUT2D eigenvalue weighted by Gasteiger charge is -2.40. The molecule has 15 heteroatoms. The molecular weight excluding hydrogens is 613 g/mol. The normalized spacial score (nSPS) is 21.6. The standard InChI is InChI=1S/C24H30FN3O3S.C6H8O7/c1-23(30)4-9-28(15-23)22(29)18(10-20-14-32-16-26-20)12-27-7-5-24(6-8-27)21-11-19(25)3-2-17(21)13-31-24;7-3(8)1-6(13,5(11)12)2-4(9)10/h2-3,11,14,16,18,30H,4-10,12-13,15H2,1H3;13H,1-2H2,(H,7,8)(H,9,10)(H,11,12). The summed E-state index contributed by atoms with van der Waals surface area (Å²) in [7, 11) is 0. The highest BCUT2D eigenvalue weighted by Gasteiger charge is 2.44. The van der Waals surface area contributed by atoms with Gasteiger partial charge >= 0.3 is 17.9 Å². The maximum Gasteiger partial charge on any atom is 0.336 e. The van der Waals surface area contributed by atoms with Crippen LogP contribution in [0.1, 0.15) is 55.8 Å². The first-order chi connectivity index (χ1) is 21.1. The minimum atomic E-state index is -2.74. The number of benzene rings is 1. The van der Waals surface area contributed by atoms with Crippen LogP contribution in [-0.2, 0) is 42.5 Å². The van der Waals surface area contributed by atoms with E-state index in [1.165, 1.54) is 6.07 Å². The first-order valence-corrected chi connectivity index (χ1v) is 15.5. The van der Waals surface area contributed by atoms with Crippen molar-refractivity contribution in [2.45, 2.75) is 68.9 Å². The second-order valence-corrected chi connectivity index (χ2v) is 13.0. The van der Waals surface area contributed by atoms with Crippen molar-refractivity contribution >= 4 is 35.2 Å². The Morgan fingerprint density at radius 3 is 2.29 bits per heavy atom. The highest BCUT2D eigenvalue weighted by molar-refractivity contribution is 7.07. The number of likely N-dealkylation sites (tertiary alicyclic amines) is 2. The van der Waals surface area contributed by atoms with Crippen molar-refractivity contribution in [3.63, 3.8) is 0 Å². The SMILES string of the molecule is CC1(O)CCN(C(=O)C(Cc2cscn2)CN2CCC3(CC2)OCc2ccc(F)cc23)C1.O=C(O)CC(O)(CC(=O)O)C(=O)O. The molecule has 0 radical (unpaired) electrons. The molecule has 5 N–H and O–H groups in total. The Kier molecular flexibility index (Phi) is 10.6. The quantitative estimate of drug-likeness (QED) is 0.250. The van der Waals surface area contributed by atoms with Crippen LogP contribution in [0.15, 0.2) is 29.1 Å². The molecule has 2 saturated heterocycles. The van der Waals surface area contributed by atoms with Crippen LogP contribution >= 0.6 is 11.3 Å². The Balaban J connectivity index is 0.000000302. The van der Waals surface area contributed by atoms with Crippen molar-refractivity contribution < 1.29 is 53.8 Å². The Hall–Kier alpha value is -3.50. The van der Waals surface area contributed by atoms with Crippen molar-refractivity contribution in [1.29, 1.82) is 0 Å². The number of carbonyl (C=O) groups excluding carboxylic acids is 1. The van der Waals surface area contributed by atoms with Gasteiger partial charge in [0.2, 0.25) is 5.91 Å². The van der Waals surface area contributed by atoms with E-state index in [1.54, 1.807) is 29.8 Å². The van der Waals surface area contributed by atoms with Gasteiger partial charge < -0.3 is 40.1 Å². The van der Waals surface area contributed by atoms with Gasteiger partial charge in [0.05, 0.1) is 47.8 Å². The van der Waals surface area contributed by atoms with Crippen LogP contribution in [0, 0.1) is 11.7 Å². The fourth-order valence-corrected chi connectivity index (χ4v) is 6.71. The van der Waals surface area contributed by atoms with Crippen LogP contribution in [0.25, 0.3) is 0 Å². The van der Waals surface area contributed by atoms with Gasteiger partial charge in [-0.05, 0) is 49.4 Å². The molecule has 0 bridgehead atoms. The number of β-amino-alcohol motifs (C(OH)–C–C–N with tert-alkyl or cyclic N) is 1. The van der Waals surface area contributed by atoms with Crippen LogP contribution in [0.4, 0.5) is 4.39 Å². The highest BCUT2D eigenvalue weighted by Crippen LogP contribution is 2.44. The lowest BCUT2D eigenvalue weighted by molar-refractivity contribution is -0.170. The average molecular weight is 652 g/mol. The maximum absolute atomic E-state index is 13.9. The number of hydrogen-bond acceptors (Lipinski definition) is 10. The van der Waals surface area contributed by atoms with E-state index in [4.69, 9.17) is 25.2 Å². The Morgan fingerprint density at radius 2 is 1.76 bits per heavy atom. The number of piperidine rings is 1. The monoisotopic (exact) mass is 651 g/mol. The number of fused-ring (bicyclic) bond motifs is 2. The molecule has 3 aliphatic heterocycles. The van der Waals surface area contributed by atoms with Gasteiger partial charge in [0, 0.05) is 44.5 Å². The minimum absolute atomic E-state index is 0.0978. The van der Waals surface area contributed by atoms with Crippen molar-refractivity contribution in [2.24, 2.45) is 5.92 Å². The van der Waals surface area contributed by atoms with E-state index in [1.807, 2.05) is 16.3 Å². The number of aliphatic hydroxyl groups is 2. The number of aliphatic carboxylic acids is 3. The molecule has 0 saturated carbocycles. The molecule has 2 atom stereocenters. The van der Waals surface area contributed by atoms with E-state index >= 15 is 0 Å². The lowest BCUT2D eigenvalue weighted by Crippen LogP contribution is -2.47. The van der Waals surface area contributed by atoms with Gasteiger partial charge in [-0.3, -0.25) is 14.4 Å². The summed E-state index contributed by atoms with van der Waals surface area (Å²) in [6.07, 6.45) is 0.511. The number of ether oxygens (including phenoxy) is 1. The van der Waals surface area contributed by atoms with E-state index < -0.39 is 47.6 Å². The molecule has 1 aromatic heterocycles. The number of rotatable bonds is 10. The lowest BCUT2D eigenvalue weighted by atomic mass is 9.83. The molecule has 246 valence electrons. The van der Waals surface area contributed by atoms with Crippen molar-refractivity contribution in [1.82, 2.24) is 14.8 Å². The molecule has 2 aromatic rings. The van der Waals surface area contributed by atoms with E-state index in [0.29, 0.717) is 39.1 Å². The van der Waals surface area contributed by atoms with Gasteiger partial charge in [-0.25, -0.2) is 14.2 Å². The zero-order valence-electron chi connectivity index (χ0n) is 24.9. The van der Waals surface area contributed by atoms with Gasteiger partial charge in [-0.1, -0.05) is 6.07 Å². The molecule has 4 heterocycles. The largest absolute Gasteiger partial charge is 0.481 e. The molecule has 1 amide bonds. The summed E-state index contributed by atoms with van der Waals surface area (Å²) in [5, 5.41) is 46.1. The van der Waals surface area contributed by atoms with Crippen LogP contribution < -0.4 is 0 Å². The summed E-state index contributed by atoms with van der Waals surface area (Å²) >= 11 is 1.54. The number of halogens is 1.